The summed E-state index contributed by atoms with van der Waals surface area (Å²) in [6, 6.07) is 0. The highest BCUT2D eigenvalue weighted by molar-refractivity contribution is 7.54. The van der Waals surface area contributed by atoms with Gasteiger partial charge in [-0.2, -0.15) is 8.78 Å². The average Bonchev–Trinajstić information content (AvgIpc) is 2.15. The summed E-state index contributed by atoms with van der Waals surface area (Å²) in [7, 11) is -1.60. The first-order valence-corrected chi connectivity index (χ1v) is 6.51. The molecule has 0 saturated heterocycles. The highest BCUT2D eigenvalue weighted by atomic mass is 31.2. The zero-order valence-corrected chi connectivity index (χ0v) is 10.7. The number of carbonyl (C=O) groups excluding carboxylic acids is 1. The summed E-state index contributed by atoms with van der Waals surface area (Å²) in [5.41, 5.74) is 0. The molecule has 0 atom stereocenters. The Morgan fingerprint density at radius 1 is 1.31 bits per heavy atom. The highest BCUT2D eigenvalue weighted by Gasteiger charge is 2.43. The molecule has 0 amide bonds. The molecule has 4 nitrogen and oxygen atoms in total. The van der Waals surface area contributed by atoms with E-state index in [9.17, 15) is 18.1 Å². The van der Waals surface area contributed by atoms with Gasteiger partial charge in [0.25, 0.3) is 0 Å². The summed E-state index contributed by atoms with van der Waals surface area (Å²) >= 11 is 0. The van der Waals surface area contributed by atoms with Crippen molar-refractivity contribution in [2.75, 3.05) is 20.4 Å². The molecule has 0 fully saturated rings. The Bertz CT molecular complexity index is 283. The van der Waals surface area contributed by atoms with Crippen LogP contribution in [0.3, 0.4) is 0 Å². The van der Waals surface area contributed by atoms with E-state index in [1.807, 2.05) is 0 Å². The van der Waals surface area contributed by atoms with Crippen LogP contribution in [0.5, 0.6) is 0 Å². The molecule has 0 unspecified atom stereocenters. The Labute approximate surface area is 93.8 Å². The zero-order valence-electron chi connectivity index (χ0n) is 9.83. The van der Waals surface area contributed by atoms with Gasteiger partial charge in [0.05, 0.1) is 0 Å². The number of alkyl halides is 2. The van der Waals surface area contributed by atoms with Gasteiger partial charge in [0.1, 0.15) is 6.16 Å². The molecule has 0 saturated carbocycles. The van der Waals surface area contributed by atoms with E-state index in [1.165, 1.54) is 0 Å². The number of ketones is 1. The normalized spacial score (nSPS) is 13.2. The van der Waals surface area contributed by atoms with E-state index >= 15 is 0 Å². The van der Waals surface area contributed by atoms with Crippen LogP contribution in [0.4, 0.5) is 8.78 Å². The predicted molar refractivity (Wildman–Crippen MR) is 55.9 cm³/mol. The molecule has 16 heavy (non-hydrogen) atoms. The Morgan fingerprint density at radius 2 is 1.75 bits per heavy atom. The number of halogens is 2. The third-order valence-electron chi connectivity index (χ3n) is 1.97. The fraction of sp³-hybridized carbons (Fsp3) is 0.889. The molecule has 0 N–H and O–H groups in total. The third-order valence-corrected chi connectivity index (χ3v) is 3.75. The molecule has 0 heterocycles. The van der Waals surface area contributed by atoms with Crippen LogP contribution < -0.4 is 0 Å². The van der Waals surface area contributed by atoms with Crippen LogP contribution in [0.25, 0.3) is 0 Å². The lowest BCUT2D eigenvalue weighted by molar-refractivity contribution is -0.142. The van der Waals surface area contributed by atoms with Gasteiger partial charge in [0.15, 0.2) is 0 Å². The van der Waals surface area contributed by atoms with E-state index in [1.54, 1.807) is 13.8 Å². The summed E-state index contributed by atoms with van der Waals surface area (Å²) in [4.78, 5) is 11.3. The van der Waals surface area contributed by atoms with Gasteiger partial charge in [-0.25, -0.2) is 0 Å². The number of hydrogen-bond donors (Lipinski definition) is 0. The van der Waals surface area contributed by atoms with Crippen LogP contribution in [0, 0.1) is 5.92 Å². The van der Waals surface area contributed by atoms with Gasteiger partial charge < -0.3 is 9.05 Å². The fourth-order valence-electron chi connectivity index (χ4n) is 1.12. The zero-order chi connectivity index (χ0) is 13.0. The maximum atomic E-state index is 13.3. The first-order chi connectivity index (χ1) is 7.17. The number of carbonyl (C=O) groups is 1. The summed E-state index contributed by atoms with van der Waals surface area (Å²) in [5, 5.41) is 0. The average molecular weight is 258 g/mol. The Balaban J connectivity index is 4.63. The van der Waals surface area contributed by atoms with Crippen molar-refractivity contribution < 1.29 is 27.2 Å². The van der Waals surface area contributed by atoms with Gasteiger partial charge in [-0.05, 0) is 5.92 Å². The van der Waals surface area contributed by atoms with Gasteiger partial charge in [0, 0.05) is 20.6 Å². The molecule has 0 spiro atoms. The summed E-state index contributed by atoms with van der Waals surface area (Å²) in [6.45, 7) is 3.15. The van der Waals surface area contributed by atoms with E-state index in [2.05, 4.69) is 9.05 Å². The van der Waals surface area contributed by atoms with Gasteiger partial charge in [-0.1, -0.05) is 13.8 Å². The van der Waals surface area contributed by atoms with Crippen LogP contribution >= 0.6 is 7.60 Å². The van der Waals surface area contributed by atoms with Crippen LogP contribution in [-0.4, -0.2) is 32.1 Å². The van der Waals surface area contributed by atoms with E-state index in [0.717, 1.165) is 14.2 Å². The van der Waals surface area contributed by atoms with Gasteiger partial charge >= 0.3 is 13.5 Å². The van der Waals surface area contributed by atoms with Crippen molar-refractivity contribution in [2.24, 2.45) is 5.92 Å². The van der Waals surface area contributed by atoms with Crippen LogP contribution in [0.2, 0.25) is 0 Å². The Kier molecular flexibility index (Phi) is 5.73. The summed E-state index contributed by atoms with van der Waals surface area (Å²) < 4.78 is 46.9. The standard InChI is InChI=1S/C9H17F2O4P/c1-7(2)5-9(10,11)8(12)6-16(13,14-3)15-4/h7H,5-6H2,1-4H3. The number of Topliss-reactive ketones (excluding diaryl/α,β-unsaturated/α-hetero) is 1. The van der Waals surface area contributed by atoms with Gasteiger partial charge in [-0.15, -0.1) is 0 Å². The molecule has 0 aliphatic heterocycles. The van der Waals surface area contributed by atoms with Gasteiger partial charge in [0.2, 0.25) is 5.78 Å². The SMILES string of the molecule is COP(=O)(CC(=O)C(F)(F)CC(C)C)OC. The summed E-state index contributed by atoms with van der Waals surface area (Å²) in [5.74, 6) is -5.22. The summed E-state index contributed by atoms with van der Waals surface area (Å²) in [6.07, 6.45) is -1.47. The first-order valence-electron chi connectivity index (χ1n) is 4.78. The van der Waals surface area contributed by atoms with Crippen molar-refractivity contribution in [2.45, 2.75) is 26.2 Å². The minimum atomic E-state index is -3.71. The largest absolute Gasteiger partial charge is 0.337 e. The maximum absolute atomic E-state index is 13.3. The quantitative estimate of drug-likeness (QED) is 0.659. The molecule has 7 heteroatoms. The molecule has 0 rings (SSSR count). The van der Waals surface area contributed by atoms with Crippen LogP contribution in [-0.2, 0) is 18.4 Å². The van der Waals surface area contributed by atoms with Crippen molar-refractivity contribution in [1.82, 2.24) is 0 Å². The molecule has 0 radical (unpaired) electrons. The number of rotatable bonds is 7. The van der Waals surface area contributed by atoms with Crippen molar-refractivity contribution >= 4 is 13.4 Å². The maximum Gasteiger partial charge on any atom is 0.337 e. The van der Waals surface area contributed by atoms with Gasteiger partial charge in [-0.3, -0.25) is 9.36 Å². The number of hydrogen-bond acceptors (Lipinski definition) is 4. The van der Waals surface area contributed by atoms with Crippen molar-refractivity contribution in [3.63, 3.8) is 0 Å². The Hall–Kier alpha value is -0.320. The van der Waals surface area contributed by atoms with Crippen LogP contribution in [0.15, 0.2) is 0 Å². The second-order valence-corrected chi connectivity index (χ2v) is 6.13. The monoisotopic (exact) mass is 258 g/mol. The second kappa shape index (κ2) is 5.84. The minimum absolute atomic E-state index is 0.330. The Morgan fingerprint density at radius 3 is 2.06 bits per heavy atom. The van der Waals surface area contributed by atoms with E-state index in [4.69, 9.17) is 0 Å². The van der Waals surface area contributed by atoms with E-state index in [-0.39, 0.29) is 5.92 Å². The van der Waals surface area contributed by atoms with Crippen molar-refractivity contribution in [3.05, 3.63) is 0 Å². The third kappa shape index (κ3) is 4.68. The molecular formula is C9H17F2O4P. The highest BCUT2D eigenvalue weighted by Crippen LogP contribution is 2.47. The molecule has 0 aromatic rings. The van der Waals surface area contributed by atoms with Crippen molar-refractivity contribution in [3.8, 4) is 0 Å². The minimum Gasteiger partial charge on any atom is -0.312 e. The lowest BCUT2D eigenvalue weighted by Crippen LogP contribution is -2.33. The molecule has 0 bridgehead atoms. The topological polar surface area (TPSA) is 52.6 Å². The molecule has 96 valence electrons. The fourth-order valence-corrected chi connectivity index (χ4v) is 2.11. The first kappa shape index (κ1) is 15.7. The second-order valence-electron chi connectivity index (χ2n) is 3.86. The predicted octanol–water partition coefficient (Wildman–Crippen LogP) is 2.72. The molecular weight excluding hydrogens is 241 g/mol. The van der Waals surface area contributed by atoms with Crippen molar-refractivity contribution in [1.29, 1.82) is 0 Å². The molecule has 0 aliphatic rings. The lowest BCUT2D eigenvalue weighted by Gasteiger charge is -2.19. The van der Waals surface area contributed by atoms with E-state index < -0.39 is 31.9 Å². The smallest absolute Gasteiger partial charge is 0.312 e. The molecule has 0 aliphatic carbocycles. The van der Waals surface area contributed by atoms with E-state index in [0.29, 0.717) is 0 Å². The van der Waals surface area contributed by atoms with Crippen LogP contribution in [0.1, 0.15) is 20.3 Å². The lowest BCUT2D eigenvalue weighted by atomic mass is 10.0. The molecule has 0 aromatic heterocycles. The molecule has 0 aromatic carbocycles.